The molecule has 136 valence electrons. The normalized spacial score (nSPS) is 12.0. The maximum Gasteiger partial charge on any atom is 0.270 e. The van der Waals surface area contributed by atoms with Gasteiger partial charge in [-0.1, -0.05) is 42.5 Å². The summed E-state index contributed by atoms with van der Waals surface area (Å²) in [4.78, 5) is 22.5. The number of nitrogens with one attached hydrogen (secondary N) is 2. The van der Waals surface area contributed by atoms with Crippen molar-refractivity contribution in [2.75, 3.05) is 5.32 Å². The molecule has 7 heteroatoms. The van der Waals surface area contributed by atoms with Crippen molar-refractivity contribution in [2.45, 2.75) is 13.0 Å². The molecule has 2 N–H and O–H groups in total. The van der Waals surface area contributed by atoms with E-state index >= 15 is 0 Å². The smallest absolute Gasteiger partial charge is 0.270 e. The highest BCUT2D eigenvalue weighted by Crippen LogP contribution is 2.19. The van der Waals surface area contributed by atoms with Gasteiger partial charge in [0.1, 0.15) is 6.04 Å². The molecule has 0 aliphatic rings. The summed E-state index contributed by atoms with van der Waals surface area (Å²) in [5.74, 6) is -0.315. The first-order valence-corrected chi connectivity index (χ1v) is 8.35. The number of carbonyl (C=O) groups excluding carboxylic acids is 1. The third-order valence-electron chi connectivity index (χ3n) is 4.00. The van der Waals surface area contributed by atoms with Crippen LogP contribution in [0.15, 0.2) is 71.8 Å². The summed E-state index contributed by atoms with van der Waals surface area (Å²) in [5.41, 5.74) is 3.76. The zero-order valence-corrected chi connectivity index (χ0v) is 14.6. The number of nitro benzene ring substituents is 1. The number of amides is 1. The van der Waals surface area contributed by atoms with Crippen LogP contribution in [0.1, 0.15) is 12.5 Å². The average Bonchev–Trinajstić information content (AvgIpc) is 2.68. The topological polar surface area (TPSA) is 96.6 Å². The summed E-state index contributed by atoms with van der Waals surface area (Å²) in [6, 6.07) is 19.4. The largest absolute Gasteiger partial charge is 0.374 e. The summed E-state index contributed by atoms with van der Waals surface area (Å²) in [6.07, 6.45) is 1.37. The Hall–Kier alpha value is -3.74. The van der Waals surface area contributed by atoms with Crippen LogP contribution in [0.5, 0.6) is 0 Å². The van der Waals surface area contributed by atoms with Crippen LogP contribution >= 0.6 is 0 Å². The molecular weight excluding hydrogens is 344 g/mol. The van der Waals surface area contributed by atoms with E-state index in [1.807, 2.05) is 42.5 Å². The molecule has 0 fully saturated rings. The summed E-state index contributed by atoms with van der Waals surface area (Å²) < 4.78 is 0. The van der Waals surface area contributed by atoms with Gasteiger partial charge in [-0.2, -0.15) is 5.10 Å². The molecule has 1 amide bonds. The van der Waals surface area contributed by atoms with Crippen molar-refractivity contribution >= 4 is 34.3 Å². The Morgan fingerprint density at radius 1 is 1.07 bits per heavy atom. The number of anilines is 1. The molecule has 0 heterocycles. The van der Waals surface area contributed by atoms with Crippen LogP contribution in [0.25, 0.3) is 10.8 Å². The number of fused-ring (bicyclic) bond motifs is 1. The highest BCUT2D eigenvalue weighted by Gasteiger charge is 2.12. The number of nitrogens with zero attached hydrogens (tertiary/aromatic N) is 2. The third-order valence-corrected chi connectivity index (χ3v) is 4.00. The minimum atomic E-state index is -0.506. The predicted octanol–water partition coefficient (Wildman–Crippen LogP) is 3.70. The second-order valence-corrected chi connectivity index (χ2v) is 6.01. The van der Waals surface area contributed by atoms with Crippen LogP contribution in [0.3, 0.4) is 0 Å². The van der Waals surface area contributed by atoms with E-state index in [1.54, 1.807) is 19.1 Å². The van der Waals surface area contributed by atoms with Crippen molar-refractivity contribution < 1.29 is 9.72 Å². The zero-order chi connectivity index (χ0) is 19.2. The molecule has 0 bridgehead atoms. The number of hydrogen-bond acceptors (Lipinski definition) is 5. The van der Waals surface area contributed by atoms with E-state index in [0.717, 1.165) is 16.5 Å². The van der Waals surface area contributed by atoms with Gasteiger partial charge in [0.05, 0.1) is 11.1 Å². The summed E-state index contributed by atoms with van der Waals surface area (Å²) in [7, 11) is 0. The molecule has 0 radical (unpaired) electrons. The van der Waals surface area contributed by atoms with Gasteiger partial charge in [-0.25, -0.2) is 5.43 Å². The fourth-order valence-corrected chi connectivity index (χ4v) is 2.58. The van der Waals surface area contributed by atoms with Crippen LogP contribution in [0.2, 0.25) is 0 Å². The van der Waals surface area contributed by atoms with Crippen LogP contribution in [0.4, 0.5) is 11.4 Å². The van der Waals surface area contributed by atoms with Gasteiger partial charge in [-0.3, -0.25) is 14.9 Å². The molecule has 0 saturated carbocycles. The lowest BCUT2D eigenvalue weighted by atomic mass is 10.1. The maximum atomic E-state index is 12.2. The monoisotopic (exact) mass is 362 g/mol. The van der Waals surface area contributed by atoms with E-state index < -0.39 is 11.0 Å². The number of rotatable bonds is 6. The fraction of sp³-hybridized carbons (Fsp3) is 0.100. The van der Waals surface area contributed by atoms with E-state index in [2.05, 4.69) is 15.8 Å². The number of nitro groups is 1. The number of hydrogen-bond donors (Lipinski definition) is 2. The molecule has 0 unspecified atom stereocenters. The lowest BCUT2D eigenvalue weighted by molar-refractivity contribution is -0.384. The Balaban J connectivity index is 1.60. The molecule has 7 nitrogen and oxygen atoms in total. The van der Waals surface area contributed by atoms with Crippen LogP contribution in [-0.4, -0.2) is 23.1 Å². The average molecular weight is 362 g/mol. The summed E-state index contributed by atoms with van der Waals surface area (Å²) in [6.45, 7) is 1.73. The van der Waals surface area contributed by atoms with Gasteiger partial charge in [-0.15, -0.1) is 0 Å². The minimum absolute atomic E-state index is 0.0309. The van der Waals surface area contributed by atoms with Crippen molar-refractivity contribution in [2.24, 2.45) is 5.10 Å². The number of benzene rings is 3. The molecule has 3 aromatic carbocycles. The molecule has 0 aromatic heterocycles. The molecule has 27 heavy (non-hydrogen) atoms. The molecule has 0 saturated heterocycles. The molecule has 3 rings (SSSR count). The SMILES string of the molecule is C[C@H](Nc1ccc2ccccc2c1)C(=O)N/N=C\c1cccc([N+](=O)[O-])c1. The van der Waals surface area contributed by atoms with E-state index in [-0.39, 0.29) is 11.6 Å². The summed E-state index contributed by atoms with van der Waals surface area (Å²) >= 11 is 0. The lowest BCUT2D eigenvalue weighted by Gasteiger charge is -2.14. The second kappa shape index (κ2) is 8.09. The maximum absolute atomic E-state index is 12.2. The lowest BCUT2D eigenvalue weighted by Crippen LogP contribution is -2.34. The van der Waals surface area contributed by atoms with Crippen molar-refractivity contribution in [1.82, 2.24) is 5.43 Å². The first kappa shape index (κ1) is 18.1. The Bertz CT molecular complexity index is 1020. The zero-order valence-electron chi connectivity index (χ0n) is 14.6. The third kappa shape index (κ3) is 4.66. The minimum Gasteiger partial charge on any atom is -0.374 e. The molecular formula is C20H18N4O3. The van der Waals surface area contributed by atoms with E-state index in [9.17, 15) is 14.9 Å². The second-order valence-electron chi connectivity index (χ2n) is 6.01. The molecule has 0 aliphatic heterocycles. The number of carbonyl (C=O) groups is 1. The quantitative estimate of drug-likeness (QED) is 0.397. The van der Waals surface area contributed by atoms with Gasteiger partial charge in [0.15, 0.2) is 0 Å². The van der Waals surface area contributed by atoms with Crippen molar-refractivity contribution in [1.29, 1.82) is 0 Å². The van der Waals surface area contributed by atoms with Crippen LogP contribution < -0.4 is 10.7 Å². The Labute approximate surface area is 155 Å². The van der Waals surface area contributed by atoms with Gasteiger partial charge in [0.2, 0.25) is 0 Å². The molecule has 0 aliphatic carbocycles. The van der Waals surface area contributed by atoms with Crippen LogP contribution in [-0.2, 0) is 4.79 Å². The first-order chi connectivity index (χ1) is 13.0. The Morgan fingerprint density at radius 3 is 2.63 bits per heavy atom. The highest BCUT2D eigenvalue weighted by molar-refractivity contribution is 5.89. The van der Waals surface area contributed by atoms with Crippen molar-refractivity contribution in [3.8, 4) is 0 Å². The van der Waals surface area contributed by atoms with Crippen molar-refractivity contribution in [3.05, 3.63) is 82.4 Å². The van der Waals surface area contributed by atoms with Crippen LogP contribution in [0, 0.1) is 10.1 Å². The van der Waals surface area contributed by atoms with Gasteiger partial charge in [0, 0.05) is 23.4 Å². The van der Waals surface area contributed by atoms with Gasteiger partial charge in [-0.05, 0) is 29.8 Å². The number of hydrazone groups is 1. The predicted molar refractivity (Wildman–Crippen MR) is 106 cm³/mol. The molecule has 0 spiro atoms. The first-order valence-electron chi connectivity index (χ1n) is 8.35. The van der Waals surface area contributed by atoms with Gasteiger partial charge >= 0.3 is 0 Å². The van der Waals surface area contributed by atoms with Crippen molar-refractivity contribution in [3.63, 3.8) is 0 Å². The van der Waals surface area contributed by atoms with Gasteiger partial charge in [0.25, 0.3) is 11.6 Å². The highest BCUT2D eigenvalue weighted by atomic mass is 16.6. The molecule has 1 atom stereocenters. The summed E-state index contributed by atoms with van der Waals surface area (Å²) in [5, 5.41) is 20.0. The number of non-ortho nitro benzene ring substituents is 1. The van der Waals surface area contributed by atoms with E-state index in [4.69, 9.17) is 0 Å². The standard InChI is InChI=1S/C20H18N4O3/c1-14(22-18-10-9-16-6-2-3-7-17(16)12-18)20(25)23-21-13-15-5-4-8-19(11-15)24(26)27/h2-14,22H,1H3,(H,23,25)/b21-13-/t14-/m0/s1. The fourth-order valence-electron chi connectivity index (χ4n) is 2.58. The van der Waals surface area contributed by atoms with Gasteiger partial charge < -0.3 is 5.32 Å². The van der Waals surface area contributed by atoms with E-state index in [0.29, 0.717) is 5.56 Å². The Kier molecular flexibility index (Phi) is 5.41. The Morgan fingerprint density at radius 2 is 1.85 bits per heavy atom. The van der Waals surface area contributed by atoms with E-state index in [1.165, 1.54) is 18.3 Å². The molecule has 3 aromatic rings.